The Morgan fingerprint density at radius 3 is 2.67 bits per heavy atom. The summed E-state index contributed by atoms with van der Waals surface area (Å²) in [6, 6.07) is 10.1. The Hall–Kier alpha value is -2.47. The molecule has 0 bridgehead atoms. The van der Waals surface area contributed by atoms with Crippen molar-refractivity contribution in [2.24, 2.45) is 10.7 Å². The van der Waals surface area contributed by atoms with E-state index in [1.54, 1.807) is 6.07 Å². The lowest BCUT2D eigenvalue weighted by molar-refractivity contribution is 0.297. The highest BCUT2D eigenvalue weighted by Crippen LogP contribution is 2.50. The van der Waals surface area contributed by atoms with E-state index in [0.717, 1.165) is 36.3 Å². The number of halogens is 2. The molecule has 1 aliphatic carbocycles. The zero-order valence-corrected chi connectivity index (χ0v) is 15.6. The summed E-state index contributed by atoms with van der Waals surface area (Å²) in [6.07, 6.45) is 2.77. The van der Waals surface area contributed by atoms with Crippen LogP contribution in [0.5, 0.6) is 11.5 Å². The molecule has 0 unspecified atom stereocenters. The van der Waals surface area contributed by atoms with Crippen LogP contribution in [0.1, 0.15) is 24.8 Å². The highest BCUT2D eigenvalue weighted by atomic mass is 35.5. The lowest BCUT2D eigenvalue weighted by Crippen LogP contribution is -2.25. The Kier molecular flexibility index (Phi) is 4.83. The highest BCUT2D eigenvalue weighted by Gasteiger charge is 2.45. The summed E-state index contributed by atoms with van der Waals surface area (Å²) in [5, 5.41) is 3.53. The van der Waals surface area contributed by atoms with E-state index in [9.17, 15) is 4.39 Å². The molecule has 3 N–H and O–H groups in total. The van der Waals surface area contributed by atoms with Crippen LogP contribution in [0.3, 0.4) is 0 Å². The average molecular weight is 390 g/mol. The van der Waals surface area contributed by atoms with E-state index in [1.807, 2.05) is 18.2 Å². The number of hydrogen-bond donors (Lipinski definition) is 2. The first-order valence-corrected chi connectivity index (χ1v) is 9.36. The van der Waals surface area contributed by atoms with Gasteiger partial charge in [-0.15, -0.1) is 0 Å². The maximum atomic E-state index is 13.3. The first-order valence-electron chi connectivity index (χ1n) is 8.98. The number of ether oxygens (including phenoxy) is 2. The fourth-order valence-electron chi connectivity index (χ4n) is 3.25. The molecule has 0 saturated heterocycles. The molecule has 1 aliphatic heterocycles. The van der Waals surface area contributed by atoms with Gasteiger partial charge in [-0.2, -0.15) is 0 Å². The third-order valence-electron chi connectivity index (χ3n) is 4.93. The Bertz CT molecular complexity index is 884. The van der Waals surface area contributed by atoms with Gasteiger partial charge in [-0.05, 0) is 42.7 Å². The van der Waals surface area contributed by atoms with E-state index in [4.69, 9.17) is 26.8 Å². The molecule has 0 atom stereocenters. The number of aliphatic imine (C=N–C) groups is 1. The van der Waals surface area contributed by atoms with Gasteiger partial charge in [0, 0.05) is 28.6 Å². The summed E-state index contributed by atoms with van der Waals surface area (Å²) in [7, 11) is 0. The third kappa shape index (κ3) is 3.95. The van der Waals surface area contributed by atoms with Crippen molar-refractivity contribution in [1.29, 1.82) is 0 Å². The molecule has 5 nitrogen and oxygen atoms in total. The minimum absolute atomic E-state index is 0.151. The minimum atomic E-state index is -0.335. The maximum Gasteiger partial charge on any atom is 0.193 e. The Balaban J connectivity index is 1.45. The second kappa shape index (κ2) is 7.27. The van der Waals surface area contributed by atoms with Gasteiger partial charge in [-0.25, -0.2) is 4.39 Å². The van der Waals surface area contributed by atoms with E-state index in [1.165, 1.54) is 12.1 Å². The molecular formula is C20H21ClFN3O2. The van der Waals surface area contributed by atoms with Crippen molar-refractivity contribution in [3.05, 3.63) is 52.8 Å². The lowest BCUT2D eigenvalue weighted by Gasteiger charge is -2.16. The van der Waals surface area contributed by atoms with Crippen molar-refractivity contribution in [3.63, 3.8) is 0 Å². The SMILES string of the molecule is NC(=NCC1(c2ccc(F)cc2Cl)CC1)Nc1ccc2c(c1)OCCCO2. The highest BCUT2D eigenvalue weighted by molar-refractivity contribution is 6.31. The monoisotopic (exact) mass is 389 g/mol. The van der Waals surface area contributed by atoms with Crippen molar-refractivity contribution in [1.82, 2.24) is 0 Å². The molecular weight excluding hydrogens is 369 g/mol. The number of nitrogens with zero attached hydrogens (tertiary/aromatic N) is 1. The van der Waals surface area contributed by atoms with Gasteiger partial charge in [-0.3, -0.25) is 4.99 Å². The minimum Gasteiger partial charge on any atom is -0.490 e. The molecule has 2 aromatic rings. The Morgan fingerprint density at radius 1 is 1.15 bits per heavy atom. The first kappa shape index (κ1) is 17.9. The molecule has 0 radical (unpaired) electrons. The predicted molar refractivity (Wildman–Crippen MR) is 104 cm³/mol. The van der Waals surface area contributed by atoms with Crippen molar-refractivity contribution in [2.45, 2.75) is 24.7 Å². The second-order valence-electron chi connectivity index (χ2n) is 6.94. The van der Waals surface area contributed by atoms with Gasteiger partial charge in [0.2, 0.25) is 0 Å². The smallest absolute Gasteiger partial charge is 0.193 e. The molecule has 0 amide bonds. The predicted octanol–water partition coefficient (Wildman–Crippen LogP) is 4.10. The van der Waals surface area contributed by atoms with Gasteiger partial charge < -0.3 is 20.5 Å². The molecule has 142 valence electrons. The number of guanidine groups is 1. The number of fused-ring (bicyclic) bond motifs is 1. The lowest BCUT2D eigenvalue weighted by atomic mass is 9.96. The van der Waals surface area contributed by atoms with Crippen LogP contribution in [0, 0.1) is 5.82 Å². The van der Waals surface area contributed by atoms with Crippen molar-refractivity contribution < 1.29 is 13.9 Å². The standard InChI is InChI=1S/C20H21ClFN3O2/c21-16-10-13(22)2-4-15(16)20(6-7-20)12-24-19(23)25-14-3-5-17-18(11-14)27-9-1-8-26-17/h2-5,10-11H,1,6-9,12H2,(H3,23,24,25). The van der Waals surface area contributed by atoms with Crippen molar-refractivity contribution in [3.8, 4) is 11.5 Å². The van der Waals surface area contributed by atoms with Gasteiger partial charge in [0.1, 0.15) is 5.82 Å². The van der Waals surface area contributed by atoms with E-state index >= 15 is 0 Å². The normalized spacial score (nSPS) is 17.9. The summed E-state index contributed by atoms with van der Waals surface area (Å²) in [5.74, 6) is 1.41. The topological polar surface area (TPSA) is 68.9 Å². The van der Waals surface area contributed by atoms with Gasteiger partial charge in [0.15, 0.2) is 17.5 Å². The number of nitrogens with two attached hydrogens (primary N) is 1. The van der Waals surface area contributed by atoms with Gasteiger partial charge in [-0.1, -0.05) is 17.7 Å². The van der Waals surface area contributed by atoms with E-state index in [2.05, 4.69) is 10.3 Å². The van der Waals surface area contributed by atoms with Gasteiger partial charge in [0.05, 0.1) is 19.8 Å². The molecule has 27 heavy (non-hydrogen) atoms. The second-order valence-corrected chi connectivity index (χ2v) is 7.35. The van der Waals surface area contributed by atoms with Crippen LogP contribution < -0.4 is 20.5 Å². The molecule has 1 fully saturated rings. The number of hydrogen-bond acceptors (Lipinski definition) is 3. The van der Waals surface area contributed by atoms with Crippen LogP contribution in [0.4, 0.5) is 10.1 Å². The van der Waals surface area contributed by atoms with Gasteiger partial charge >= 0.3 is 0 Å². The summed E-state index contributed by atoms with van der Waals surface area (Å²) in [5.41, 5.74) is 7.62. The zero-order chi connectivity index (χ0) is 18.9. The summed E-state index contributed by atoms with van der Waals surface area (Å²) in [6.45, 7) is 1.78. The summed E-state index contributed by atoms with van der Waals surface area (Å²) < 4.78 is 24.6. The zero-order valence-electron chi connectivity index (χ0n) is 14.8. The molecule has 0 aromatic heterocycles. The Labute approximate surface area is 162 Å². The summed E-state index contributed by atoms with van der Waals surface area (Å²) >= 11 is 6.22. The molecule has 4 rings (SSSR count). The molecule has 0 spiro atoms. The number of benzene rings is 2. The van der Waals surface area contributed by atoms with Crippen LogP contribution >= 0.6 is 11.6 Å². The van der Waals surface area contributed by atoms with Crippen LogP contribution in [-0.4, -0.2) is 25.7 Å². The number of nitrogens with one attached hydrogen (secondary N) is 1. The largest absolute Gasteiger partial charge is 0.490 e. The molecule has 1 saturated carbocycles. The van der Waals surface area contributed by atoms with Crippen LogP contribution in [-0.2, 0) is 5.41 Å². The van der Waals surface area contributed by atoms with Gasteiger partial charge in [0.25, 0.3) is 0 Å². The van der Waals surface area contributed by atoms with Crippen LogP contribution in [0.2, 0.25) is 5.02 Å². The molecule has 2 aliphatic rings. The van der Waals surface area contributed by atoms with Crippen molar-refractivity contribution in [2.75, 3.05) is 25.1 Å². The molecule has 1 heterocycles. The number of anilines is 1. The van der Waals surface area contributed by atoms with E-state index in [0.29, 0.717) is 36.5 Å². The van der Waals surface area contributed by atoms with Crippen molar-refractivity contribution >= 4 is 23.2 Å². The molecule has 7 heteroatoms. The quantitative estimate of drug-likeness (QED) is 0.610. The van der Waals surface area contributed by atoms with E-state index < -0.39 is 0 Å². The summed E-state index contributed by atoms with van der Waals surface area (Å²) in [4.78, 5) is 4.48. The van der Waals surface area contributed by atoms with E-state index in [-0.39, 0.29) is 11.2 Å². The number of rotatable bonds is 4. The molecule has 2 aromatic carbocycles. The van der Waals surface area contributed by atoms with Crippen LogP contribution in [0.15, 0.2) is 41.4 Å². The fraction of sp³-hybridized carbons (Fsp3) is 0.350. The fourth-order valence-corrected chi connectivity index (χ4v) is 3.62. The first-order chi connectivity index (χ1) is 13.1. The Morgan fingerprint density at radius 2 is 1.93 bits per heavy atom. The average Bonchev–Trinajstić information content (AvgIpc) is 3.44. The van der Waals surface area contributed by atoms with Crippen LogP contribution in [0.25, 0.3) is 0 Å². The maximum absolute atomic E-state index is 13.3. The third-order valence-corrected chi connectivity index (χ3v) is 5.24.